The van der Waals surface area contributed by atoms with Crippen LogP contribution in [0.2, 0.25) is 0 Å². The van der Waals surface area contributed by atoms with Gasteiger partial charge in [-0.3, -0.25) is 40.0 Å². The van der Waals surface area contributed by atoms with Crippen molar-refractivity contribution in [3.05, 3.63) is 92.5 Å². The molecule has 8 heterocycles. The van der Waals surface area contributed by atoms with Crippen LogP contribution in [0.3, 0.4) is 0 Å². The summed E-state index contributed by atoms with van der Waals surface area (Å²) >= 11 is 0. The van der Waals surface area contributed by atoms with Crippen LogP contribution in [-0.4, -0.2) is 98.0 Å². The van der Waals surface area contributed by atoms with Gasteiger partial charge in [-0.15, -0.1) is 0 Å². The minimum absolute atomic E-state index is 0.0347. The lowest BCUT2D eigenvalue weighted by Crippen LogP contribution is -2.48. The standard InChI is InChI=1S/C20H19F3N6O4.C14H16F3N3O.C5H5N3O2/c1-11(20(21,22)23)8-16(30)14-2-3-15-18(25-14)28(13-5-7-27(15)10-13)19(31)26-17-9-12(29(32)33)4-6-24-17;1-8(14(15,16)17)6-12(21)10-2-3-11-13(19-10)18-9-4-5-20(11)7-9;6-5-3-4(8(9)10)1-2-7-5/h2-4,6,9,11,13H,5,7-8,10H2,1H3,(H,24,26,31);2-3,8-9H,4-7H2,1H3,(H,18,19);1-3H,(H2,6,7)/t11-,13-;8-,9-;/m00./s1. The van der Waals surface area contributed by atoms with E-state index in [2.05, 4.69) is 35.5 Å². The largest absolute Gasteiger partial charge is 0.391 e. The Labute approximate surface area is 359 Å². The van der Waals surface area contributed by atoms with Crippen molar-refractivity contribution < 1.29 is 50.6 Å². The van der Waals surface area contributed by atoms with E-state index in [1.165, 1.54) is 47.6 Å². The average molecular weight is 903 g/mol. The Morgan fingerprint density at radius 2 is 1.34 bits per heavy atom. The number of ketones is 2. The first-order valence-electron chi connectivity index (χ1n) is 19.6. The van der Waals surface area contributed by atoms with Gasteiger partial charge in [0.25, 0.3) is 11.4 Å². The highest BCUT2D eigenvalue weighted by Gasteiger charge is 2.42. The number of urea groups is 1. The summed E-state index contributed by atoms with van der Waals surface area (Å²) in [6, 6.07) is 10.4. The summed E-state index contributed by atoms with van der Waals surface area (Å²) in [4.78, 5) is 78.9. The third kappa shape index (κ3) is 10.9. The Kier molecular flexibility index (Phi) is 13.5. The van der Waals surface area contributed by atoms with Gasteiger partial charge in [-0.05, 0) is 37.1 Å². The van der Waals surface area contributed by atoms with Crippen molar-refractivity contribution in [2.75, 3.05) is 57.2 Å². The molecule has 0 aromatic carbocycles. The quantitative estimate of drug-likeness (QED) is 0.0649. The minimum atomic E-state index is -4.51. The number of anilines is 6. The number of pyridine rings is 4. The maximum Gasteiger partial charge on any atom is 0.391 e. The maximum atomic E-state index is 13.1. The molecule has 4 aromatic rings. The molecule has 2 saturated heterocycles. The highest BCUT2D eigenvalue weighted by molar-refractivity contribution is 6.05. The number of nitrogens with one attached hydrogen (secondary N) is 2. The summed E-state index contributed by atoms with van der Waals surface area (Å²) in [5, 5.41) is 26.8. The number of alkyl halides is 6. The van der Waals surface area contributed by atoms with E-state index in [9.17, 15) is 61.0 Å². The zero-order chi connectivity index (χ0) is 46.7. The second-order valence-electron chi connectivity index (χ2n) is 15.4. The van der Waals surface area contributed by atoms with Crippen LogP contribution < -0.4 is 31.1 Å². The van der Waals surface area contributed by atoms with Gasteiger partial charge in [-0.2, -0.15) is 26.3 Å². The average Bonchev–Trinajstić information content (AvgIpc) is 3.84. The molecule has 4 aromatic heterocycles. The summed E-state index contributed by atoms with van der Waals surface area (Å²) in [7, 11) is 0. The van der Waals surface area contributed by atoms with Crippen molar-refractivity contribution in [2.24, 2.45) is 11.8 Å². The first-order chi connectivity index (χ1) is 30.1. The number of Topliss-reactive ketones (excluding diaryl/α,β-unsaturated/α-hetero) is 2. The van der Waals surface area contributed by atoms with Gasteiger partial charge in [0.1, 0.15) is 23.0 Å². The molecule has 4 aliphatic rings. The van der Waals surface area contributed by atoms with Crippen LogP contribution in [0.5, 0.6) is 0 Å². The molecule has 4 N–H and O–H groups in total. The van der Waals surface area contributed by atoms with E-state index in [0.29, 0.717) is 37.1 Å². The highest BCUT2D eigenvalue weighted by Crippen LogP contribution is 2.40. The summed E-state index contributed by atoms with van der Waals surface area (Å²) in [5.41, 5.74) is 6.32. The fraction of sp³-hybridized carbons (Fsp3) is 0.410. The SMILES string of the molecule is C[C@@H](CC(=O)c1ccc2c(n1)N(C(=O)Nc1cc([N+](=O)[O-])ccn1)[C@H]1CCN2C1)C(F)(F)F.C[C@@H](CC(=O)c1ccc2c(n1)N[C@H]1CCN2C1)C(F)(F)F.Nc1cc([N+](=O)[O-])ccn1. The monoisotopic (exact) mass is 902 g/mol. The van der Waals surface area contributed by atoms with Crippen LogP contribution in [0.25, 0.3) is 0 Å². The van der Waals surface area contributed by atoms with Crippen molar-refractivity contribution in [1.29, 1.82) is 0 Å². The third-order valence-electron chi connectivity index (χ3n) is 10.8. The smallest absolute Gasteiger partial charge is 0.383 e. The number of nitrogens with two attached hydrogens (primary N) is 1. The van der Waals surface area contributed by atoms with Crippen molar-refractivity contribution >= 4 is 63.6 Å². The molecule has 340 valence electrons. The summed E-state index contributed by atoms with van der Waals surface area (Å²) < 4.78 is 76.2. The molecule has 4 aliphatic heterocycles. The van der Waals surface area contributed by atoms with E-state index in [1.807, 2.05) is 4.90 Å². The lowest BCUT2D eigenvalue weighted by Gasteiger charge is -2.35. The van der Waals surface area contributed by atoms with E-state index < -0.39 is 64.5 Å². The van der Waals surface area contributed by atoms with Gasteiger partial charge >= 0.3 is 18.4 Å². The van der Waals surface area contributed by atoms with Gasteiger partial charge in [0, 0.05) is 69.6 Å². The normalized spacial score (nSPS) is 17.8. The number of nitrogens with zero attached hydrogens (tertiary/aromatic N) is 9. The van der Waals surface area contributed by atoms with E-state index >= 15 is 0 Å². The maximum absolute atomic E-state index is 13.1. The van der Waals surface area contributed by atoms with Crippen LogP contribution in [0.4, 0.5) is 77.2 Å². The Bertz CT molecular complexity index is 2440. The number of carbonyl (C=O) groups is 3. The topological polar surface area (TPSA) is 249 Å². The number of hydrogen-bond donors (Lipinski definition) is 3. The molecular weight excluding hydrogens is 862 g/mol. The van der Waals surface area contributed by atoms with E-state index in [-0.39, 0.29) is 46.3 Å². The number of rotatable bonds is 9. The number of aromatic nitrogens is 4. The van der Waals surface area contributed by atoms with Crippen LogP contribution in [-0.2, 0) is 0 Å². The molecule has 2 amide bonds. The molecule has 0 radical (unpaired) electrons. The number of carbonyl (C=O) groups excluding carboxylic acids is 3. The van der Waals surface area contributed by atoms with E-state index in [1.54, 1.807) is 12.1 Å². The van der Waals surface area contributed by atoms with Crippen LogP contribution in [0.1, 0.15) is 60.5 Å². The molecule has 0 spiro atoms. The molecule has 4 atom stereocenters. The first kappa shape index (κ1) is 46.3. The lowest BCUT2D eigenvalue weighted by molar-refractivity contribution is -0.385. The number of nitro groups is 2. The lowest BCUT2D eigenvalue weighted by atomic mass is 10.0. The molecule has 0 aliphatic carbocycles. The molecule has 0 unspecified atom stereocenters. The van der Waals surface area contributed by atoms with Gasteiger partial charge in [0.15, 0.2) is 23.2 Å². The van der Waals surface area contributed by atoms with Crippen molar-refractivity contribution in [1.82, 2.24) is 19.9 Å². The fourth-order valence-electron chi connectivity index (χ4n) is 7.20. The van der Waals surface area contributed by atoms with Crippen LogP contribution in [0, 0.1) is 32.1 Å². The predicted molar refractivity (Wildman–Crippen MR) is 219 cm³/mol. The van der Waals surface area contributed by atoms with Gasteiger partial charge < -0.3 is 20.9 Å². The number of halogens is 6. The second-order valence-corrected chi connectivity index (χ2v) is 15.4. The number of hydrogen-bond acceptors (Lipinski definition) is 15. The molecule has 8 rings (SSSR count). The molecule has 25 heteroatoms. The first-order valence-corrected chi connectivity index (χ1v) is 19.6. The third-order valence-corrected chi connectivity index (χ3v) is 10.8. The number of nitrogen functional groups attached to an aromatic ring is 1. The predicted octanol–water partition coefficient (Wildman–Crippen LogP) is 7.22. The van der Waals surface area contributed by atoms with Gasteiger partial charge in [0.05, 0.1) is 51.2 Å². The zero-order valence-corrected chi connectivity index (χ0v) is 34.0. The molecule has 0 saturated carbocycles. The Balaban J connectivity index is 0.000000185. The van der Waals surface area contributed by atoms with E-state index in [0.717, 1.165) is 45.1 Å². The van der Waals surface area contributed by atoms with Gasteiger partial charge in [-0.25, -0.2) is 24.7 Å². The summed E-state index contributed by atoms with van der Waals surface area (Å²) in [6.07, 6.45) is -6.09. The van der Waals surface area contributed by atoms with Crippen LogP contribution in [0.15, 0.2) is 60.9 Å². The fourth-order valence-corrected chi connectivity index (χ4v) is 7.20. The molecule has 4 bridgehead atoms. The Morgan fingerprint density at radius 1 is 0.797 bits per heavy atom. The number of amides is 2. The van der Waals surface area contributed by atoms with Crippen LogP contribution >= 0.6 is 0 Å². The van der Waals surface area contributed by atoms with Gasteiger partial charge in [-0.1, -0.05) is 13.8 Å². The van der Waals surface area contributed by atoms with E-state index in [4.69, 9.17) is 5.73 Å². The second kappa shape index (κ2) is 18.6. The molecular formula is C39H40F6N12O7. The molecule has 2 fully saturated rings. The van der Waals surface area contributed by atoms with Crippen molar-refractivity contribution in [3.8, 4) is 0 Å². The number of fused-ring (bicyclic) bond motifs is 8. The Hall–Kier alpha value is -7.21. The van der Waals surface area contributed by atoms with Crippen molar-refractivity contribution in [2.45, 2.75) is 64.0 Å². The summed E-state index contributed by atoms with van der Waals surface area (Å²) in [6.45, 7) is 4.94. The Morgan fingerprint density at radius 3 is 1.92 bits per heavy atom. The minimum Gasteiger partial charge on any atom is -0.383 e. The van der Waals surface area contributed by atoms with Crippen molar-refractivity contribution in [3.63, 3.8) is 0 Å². The molecule has 19 nitrogen and oxygen atoms in total. The molecule has 64 heavy (non-hydrogen) atoms. The van der Waals surface area contributed by atoms with Gasteiger partial charge in [0.2, 0.25) is 0 Å². The summed E-state index contributed by atoms with van der Waals surface area (Å²) in [5.74, 6) is -3.96. The highest BCUT2D eigenvalue weighted by atomic mass is 19.4. The zero-order valence-electron chi connectivity index (χ0n) is 34.0.